The highest BCUT2D eigenvalue weighted by Gasteiger charge is 2.04. The third-order valence-corrected chi connectivity index (χ3v) is 1.94. The van der Waals surface area contributed by atoms with Crippen LogP contribution in [-0.4, -0.2) is 8.42 Å². The van der Waals surface area contributed by atoms with Gasteiger partial charge in [-0.2, -0.15) is 0 Å². The first-order chi connectivity index (χ1) is 5.02. The van der Waals surface area contributed by atoms with E-state index in [0.717, 1.165) is 0 Å². The lowest BCUT2D eigenvalue weighted by atomic mass is 10.4. The Balaban J connectivity index is 4.84. The third-order valence-electron chi connectivity index (χ3n) is 0.983. The van der Waals surface area contributed by atoms with E-state index >= 15 is 0 Å². The second-order valence-corrected chi connectivity index (χ2v) is 3.41. The van der Waals surface area contributed by atoms with Crippen molar-refractivity contribution in [2.75, 3.05) is 0 Å². The normalized spacial score (nSPS) is 13.8. The van der Waals surface area contributed by atoms with Crippen molar-refractivity contribution in [1.29, 1.82) is 0 Å². The van der Waals surface area contributed by atoms with Crippen LogP contribution in [0.3, 0.4) is 0 Å². The highest BCUT2D eigenvalue weighted by Crippen LogP contribution is 2.01. The van der Waals surface area contributed by atoms with Gasteiger partial charge < -0.3 is 0 Å². The van der Waals surface area contributed by atoms with Gasteiger partial charge in [-0.15, -0.1) is 0 Å². The van der Waals surface area contributed by atoms with Crippen LogP contribution in [0.2, 0.25) is 0 Å². The minimum atomic E-state index is -3.60. The highest BCUT2D eigenvalue weighted by atomic mass is 32.2. The first kappa shape index (κ1) is 10.1. The monoisotopic (exact) mass is 173 g/mol. The molecule has 0 aromatic heterocycles. The average molecular weight is 173 g/mol. The zero-order valence-corrected chi connectivity index (χ0v) is 7.14. The summed E-state index contributed by atoms with van der Waals surface area (Å²) in [7, 11) is -3.60. The lowest BCUT2D eigenvalue weighted by Crippen LogP contribution is -2.12. The van der Waals surface area contributed by atoms with Crippen molar-refractivity contribution in [1.82, 2.24) is 0 Å². The van der Waals surface area contributed by atoms with Gasteiger partial charge in [0.1, 0.15) is 0 Å². The largest absolute Gasteiger partial charge is 0.238 e. The van der Waals surface area contributed by atoms with E-state index in [1.165, 1.54) is 12.2 Å². The maximum absolute atomic E-state index is 10.7. The Labute approximate surface area is 67.0 Å². The average Bonchev–Trinajstić information content (AvgIpc) is 1.87. The molecule has 0 aromatic carbocycles. The van der Waals surface area contributed by atoms with Crippen molar-refractivity contribution in [2.24, 2.45) is 5.14 Å². The predicted octanol–water partition coefficient (Wildman–Crippen LogP) is 0.921. The SMILES string of the molecule is C=CC(=CC=CC)S(N)(=O)=O. The van der Waals surface area contributed by atoms with Crippen LogP contribution in [0.15, 0.2) is 35.8 Å². The molecule has 0 heterocycles. The Morgan fingerprint density at radius 2 is 2.09 bits per heavy atom. The summed E-state index contributed by atoms with van der Waals surface area (Å²) >= 11 is 0. The molecule has 0 aliphatic carbocycles. The van der Waals surface area contributed by atoms with Crippen molar-refractivity contribution >= 4 is 10.0 Å². The molecule has 62 valence electrons. The Kier molecular flexibility index (Phi) is 3.78. The van der Waals surface area contributed by atoms with Crippen molar-refractivity contribution < 1.29 is 8.42 Å². The molecule has 0 saturated heterocycles. The minimum absolute atomic E-state index is 0.0237. The van der Waals surface area contributed by atoms with E-state index in [2.05, 4.69) is 6.58 Å². The second kappa shape index (κ2) is 4.10. The van der Waals surface area contributed by atoms with E-state index in [1.54, 1.807) is 19.1 Å². The van der Waals surface area contributed by atoms with Crippen LogP contribution in [0.5, 0.6) is 0 Å². The lowest BCUT2D eigenvalue weighted by Gasteiger charge is -1.93. The fourth-order valence-electron chi connectivity index (χ4n) is 0.470. The molecule has 3 nitrogen and oxygen atoms in total. The van der Waals surface area contributed by atoms with Gasteiger partial charge in [-0.1, -0.05) is 18.7 Å². The number of rotatable bonds is 3. The van der Waals surface area contributed by atoms with E-state index in [9.17, 15) is 8.42 Å². The van der Waals surface area contributed by atoms with Crippen LogP contribution < -0.4 is 5.14 Å². The summed E-state index contributed by atoms with van der Waals surface area (Å²) in [5.74, 6) is 0. The summed E-state index contributed by atoms with van der Waals surface area (Å²) in [6.45, 7) is 5.10. The van der Waals surface area contributed by atoms with E-state index in [0.29, 0.717) is 0 Å². The summed E-state index contributed by atoms with van der Waals surface area (Å²) in [5, 5.41) is 4.83. The third kappa shape index (κ3) is 3.75. The summed E-state index contributed by atoms with van der Waals surface area (Å²) in [6, 6.07) is 0. The lowest BCUT2D eigenvalue weighted by molar-refractivity contribution is 0.604. The number of hydrogen-bond donors (Lipinski definition) is 1. The van der Waals surface area contributed by atoms with E-state index in [-0.39, 0.29) is 4.91 Å². The fourth-order valence-corrected chi connectivity index (χ4v) is 0.971. The van der Waals surface area contributed by atoms with E-state index in [1.807, 2.05) is 0 Å². The van der Waals surface area contributed by atoms with Crippen LogP contribution in [0.4, 0.5) is 0 Å². The highest BCUT2D eigenvalue weighted by molar-refractivity contribution is 7.93. The van der Waals surface area contributed by atoms with Gasteiger partial charge in [-0.3, -0.25) is 0 Å². The van der Waals surface area contributed by atoms with Gasteiger partial charge in [0, 0.05) is 0 Å². The molecule has 0 radical (unpaired) electrons. The topological polar surface area (TPSA) is 60.2 Å². The molecule has 0 bridgehead atoms. The molecule has 0 atom stereocenters. The first-order valence-corrected chi connectivity index (χ1v) is 4.55. The summed E-state index contributed by atoms with van der Waals surface area (Å²) in [6.07, 6.45) is 5.88. The molecule has 0 aromatic rings. The number of nitrogens with two attached hydrogens (primary N) is 1. The van der Waals surface area contributed by atoms with Gasteiger partial charge in [-0.05, 0) is 19.1 Å². The van der Waals surface area contributed by atoms with Gasteiger partial charge in [0.25, 0.3) is 0 Å². The van der Waals surface area contributed by atoms with Crippen molar-refractivity contribution in [2.45, 2.75) is 6.92 Å². The molecule has 0 fully saturated rings. The summed E-state index contributed by atoms with van der Waals surface area (Å²) in [4.78, 5) is 0.0237. The van der Waals surface area contributed by atoms with Crippen molar-refractivity contribution in [3.05, 3.63) is 35.8 Å². The molecule has 0 spiro atoms. The molecule has 0 rings (SSSR count). The van der Waals surface area contributed by atoms with Crippen molar-refractivity contribution in [3.8, 4) is 0 Å². The Morgan fingerprint density at radius 3 is 2.36 bits per heavy atom. The van der Waals surface area contributed by atoms with Gasteiger partial charge in [0.15, 0.2) is 0 Å². The summed E-state index contributed by atoms with van der Waals surface area (Å²) in [5.41, 5.74) is 0. The Bertz CT molecular complexity index is 286. The van der Waals surface area contributed by atoms with Crippen LogP contribution in [0.1, 0.15) is 6.92 Å². The molecule has 0 aliphatic heterocycles. The molecule has 0 unspecified atom stereocenters. The Hall–Kier alpha value is -0.870. The van der Waals surface area contributed by atoms with Gasteiger partial charge in [-0.25, -0.2) is 13.6 Å². The smallest absolute Gasteiger partial charge is 0.225 e. The van der Waals surface area contributed by atoms with Gasteiger partial charge in [0.2, 0.25) is 10.0 Å². The fraction of sp³-hybridized carbons (Fsp3) is 0.143. The van der Waals surface area contributed by atoms with Gasteiger partial charge in [0.05, 0.1) is 4.91 Å². The molecule has 4 heteroatoms. The molecule has 11 heavy (non-hydrogen) atoms. The van der Waals surface area contributed by atoms with Crippen LogP contribution in [0, 0.1) is 0 Å². The Morgan fingerprint density at radius 1 is 1.55 bits per heavy atom. The number of hydrogen-bond acceptors (Lipinski definition) is 2. The first-order valence-electron chi connectivity index (χ1n) is 3.00. The standard InChI is InChI=1S/C7H11NO2S/c1-3-5-6-7(4-2)11(8,9)10/h3-6H,2H2,1H3,(H2,8,9,10). The molecule has 0 saturated carbocycles. The number of primary sulfonamides is 1. The molecular formula is C7H11NO2S. The van der Waals surface area contributed by atoms with Crippen molar-refractivity contribution in [3.63, 3.8) is 0 Å². The van der Waals surface area contributed by atoms with E-state index in [4.69, 9.17) is 5.14 Å². The number of allylic oxidation sites excluding steroid dienone is 4. The summed E-state index contributed by atoms with van der Waals surface area (Å²) < 4.78 is 21.3. The molecule has 2 N–H and O–H groups in total. The minimum Gasteiger partial charge on any atom is -0.225 e. The second-order valence-electron chi connectivity index (χ2n) is 1.84. The van der Waals surface area contributed by atoms with E-state index < -0.39 is 10.0 Å². The van der Waals surface area contributed by atoms with Crippen LogP contribution in [-0.2, 0) is 10.0 Å². The molecule has 0 amide bonds. The predicted molar refractivity (Wildman–Crippen MR) is 46.2 cm³/mol. The van der Waals surface area contributed by atoms with Gasteiger partial charge >= 0.3 is 0 Å². The molecule has 0 aliphatic rings. The van der Waals surface area contributed by atoms with Crippen LogP contribution >= 0.6 is 0 Å². The maximum Gasteiger partial charge on any atom is 0.238 e. The van der Waals surface area contributed by atoms with Crippen LogP contribution in [0.25, 0.3) is 0 Å². The number of sulfonamides is 1. The zero-order valence-electron chi connectivity index (χ0n) is 6.32. The molecular weight excluding hydrogens is 162 g/mol. The zero-order chi connectivity index (χ0) is 8.91. The quantitative estimate of drug-likeness (QED) is 0.645. The maximum atomic E-state index is 10.7.